The summed E-state index contributed by atoms with van der Waals surface area (Å²) >= 11 is 3.58. The monoisotopic (exact) mass is 322 g/mol. The highest BCUT2D eigenvalue weighted by molar-refractivity contribution is 9.10. The van der Waals surface area contributed by atoms with Crippen molar-refractivity contribution in [2.45, 2.75) is 44.2 Å². The molecule has 2 N–H and O–H groups in total. The van der Waals surface area contributed by atoms with Gasteiger partial charge in [-0.1, -0.05) is 28.4 Å². The Morgan fingerprint density at radius 1 is 1.32 bits per heavy atom. The normalized spacial score (nSPS) is 30.0. The molecular formula is C16H23BrN2. The van der Waals surface area contributed by atoms with Gasteiger partial charge in [-0.05, 0) is 68.5 Å². The van der Waals surface area contributed by atoms with Crippen molar-refractivity contribution in [3.63, 3.8) is 0 Å². The minimum atomic E-state index is 0.597. The van der Waals surface area contributed by atoms with Crippen molar-refractivity contribution >= 4 is 15.9 Å². The van der Waals surface area contributed by atoms with E-state index in [9.17, 15) is 0 Å². The number of nitrogens with zero attached hydrogens (tertiary/aromatic N) is 1. The summed E-state index contributed by atoms with van der Waals surface area (Å²) in [5.41, 5.74) is 9.00. The van der Waals surface area contributed by atoms with E-state index in [1.165, 1.54) is 47.7 Å². The van der Waals surface area contributed by atoms with Crippen molar-refractivity contribution in [3.8, 4) is 0 Å². The smallest absolute Gasteiger partial charge is 0.0354 e. The number of rotatable bonds is 3. The number of fused-ring (bicyclic) bond motifs is 1. The molecule has 104 valence electrons. The summed E-state index contributed by atoms with van der Waals surface area (Å²) in [6.45, 7) is 0.842. The third kappa shape index (κ3) is 2.48. The van der Waals surface area contributed by atoms with Gasteiger partial charge in [-0.15, -0.1) is 0 Å². The van der Waals surface area contributed by atoms with Crippen LogP contribution in [0.15, 0.2) is 22.7 Å². The molecule has 19 heavy (non-hydrogen) atoms. The molecular weight excluding hydrogens is 300 g/mol. The maximum atomic E-state index is 5.94. The highest BCUT2D eigenvalue weighted by Gasteiger charge is 2.35. The average Bonchev–Trinajstić information content (AvgIpc) is 3.03. The van der Waals surface area contributed by atoms with E-state index < -0.39 is 0 Å². The predicted octanol–water partition coefficient (Wildman–Crippen LogP) is 3.50. The molecule has 0 radical (unpaired) electrons. The van der Waals surface area contributed by atoms with Gasteiger partial charge in [0.25, 0.3) is 0 Å². The predicted molar refractivity (Wildman–Crippen MR) is 83.2 cm³/mol. The van der Waals surface area contributed by atoms with E-state index in [1.54, 1.807) is 0 Å². The van der Waals surface area contributed by atoms with Gasteiger partial charge in [-0.2, -0.15) is 0 Å². The van der Waals surface area contributed by atoms with E-state index >= 15 is 0 Å². The van der Waals surface area contributed by atoms with Crippen LogP contribution in [0, 0.1) is 5.92 Å². The molecule has 0 heterocycles. The van der Waals surface area contributed by atoms with Gasteiger partial charge in [-0.25, -0.2) is 0 Å². The molecule has 2 aliphatic carbocycles. The van der Waals surface area contributed by atoms with E-state index in [0.717, 1.165) is 6.54 Å². The number of benzene rings is 1. The first-order valence-corrected chi connectivity index (χ1v) is 8.20. The lowest BCUT2D eigenvalue weighted by molar-refractivity contribution is 0.142. The summed E-state index contributed by atoms with van der Waals surface area (Å²) < 4.78 is 1.20. The van der Waals surface area contributed by atoms with E-state index in [0.29, 0.717) is 18.0 Å². The van der Waals surface area contributed by atoms with Crippen LogP contribution >= 0.6 is 15.9 Å². The maximum Gasteiger partial charge on any atom is 0.0354 e. The van der Waals surface area contributed by atoms with Crippen LogP contribution in [0.1, 0.15) is 42.9 Å². The molecule has 0 saturated heterocycles. The minimum Gasteiger partial charge on any atom is -0.330 e. The Hall–Kier alpha value is -0.380. The van der Waals surface area contributed by atoms with Crippen molar-refractivity contribution in [2.75, 3.05) is 13.6 Å². The maximum absolute atomic E-state index is 5.94. The summed E-state index contributed by atoms with van der Waals surface area (Å²) in [4.78, 5) is 2.62. The van der Waals surface area contributed by atoms with Gasteiger partial charge in [-0.3, -0.25) is 4.90 Å². The molecule has 0 bridgehead atoms. The Kier molecular flexibility index (Phi) is 3.97. The molecule has 1 fully saturated rings. The van der Waals surface area contributed by atoms with Crippen LogP contribution in [0.4, 0.5) is 0 Å². The zero-order chi connectivity index (χ0) is 13.4. The number of hydrogen-bond acceptors (Lipinski definition) is 2. The zero-order valence-electron chi connectivity index (χ0n) is 11.6. The molecule has 0 aliphatic heterocycles. The van der Waals surface area contributed by atoms with Crippen LogP contribution in [0.3, 0.4) is 0 Å². The van der Waals surface area contributed by atoms with Crippen LogP contribution in [0.2, 0.25) is 0 Å². The van der Waals surface area contributed by atoms with Gasteiger partial charge in [0.15, 0.2) is 0 Å². The van der Waals surface area contributed by atoms with Gasteiger partial charge >= 0.3 is 0 Å². The molecule has 0 spiro atoms. The van der Waals surface area contributed by atoms with Gasteiger partial charge in [0, 0.05) is 16.6 Å². The lowest BCUT2D eigenvalue weighted by Gasteiger charge is -2.34. The zero-order valence-corrected chi connectivity index (χ0v) is 13.2. The second-order valence-electron chi connectivity index (χ2n) is 6.06. The highest BCUT2D eigenvalue weighted by atomic mass is 79.9. The average molecular weight is 323 g/mol. The van der Waals surface area contributed by atoms with Crippen molar-refractivity contribution in [1.82, 2.24) is 4.90 Å². The lowest BCUT2D eigenvalue weighted by atomic mass is 9.99. The molecule has 2 aliphatic rings. The summed E-state index contributed by atoms with van der Waals surface area (Å²) in [6.07, 6.45) is 6.45. The summed E-state index contributed by atoms with van der Waals surface area (Å²) in [7, 11) is 2.31. The number of aryl methyl sites for hydroxylation is 1. The largest absolute Gasteiger partial charge is 0.330 e. The lowest BCUT2D eigenvalue weighted by Crippen LogP contribution is -2.39. The Morgan fingerprint density at radius 2 is 2.16 bits per heavy atom. The molecule has 3 heteroatoms. The Bertz CT molecular complexity index is 460. The van der Waals surface area contributed by atoms with Crippen molar-refractivity contribution < 1.29 is 0 Å². The quantitative estimate of drug-likeness (QED) is 0.922. The molecule has 1 saturated carbocycles. The standard InChI is InChI=1S/C16H23BrN2/c1-19(15-4-2-3-12(15)10-18)16-8-5-11-9-13(17)6-7-14(11)16/h6-7,9,12,15-16H,2-5,8,10,18H2,1H3. The third-order valence-electron chi connectivity index (χ3n) is 5.09. The topological polar surface area (TPSA) is 29.3 Å². The van der Waals surface area contributed by atoms with Crippen molar-refractivity contribution in [2.24, 2.45) is 11.7 Å². The molecule has 3 unspecified atom stereocenters. The minimum absolute atomic E-state index is 0.597. The molecule has 0 amide bonds. The van der Waals surface area contributed by atoms with Gasteiger partial charge < -0.3 is 5.73 Å². The third-order valence-corrected chi connectivity index (χ3v) is 5.58. The van der Waals surface area contributed by atoms with E-state index in [4.69, 9.17) is 5.73 Å². The first kappa shape index (κ1) is 13.6. The second-order valence-corrected chi connectivity index (χ2v) is 6.97. The van der Waals surface area contributed by atoms with Crippen LogP contribution in [0.25, 0.3) is 0 Å². The Labute approximate surface area is 124 Å². The summed E-state index contributed by atoms with van der Waals surface area (Å²) in [5, 5.41) is 0. The summed E-state index contributed by atoms with van der Waals surface area (Å²) in [6, 6.07) is 8.06. The molecule has 3 rings (SSSR count). The Balaban J connectivity index is 1.81. The number of hydrogen-bond donors (Lipinski definition) is 1. The van der Waals surface area contributed by atoms with Crippen molar-refractivity contribution in [1.29, 1.82) is 0 Å². The van der Waals surface area contributed by atoms with Gasteiger partial charge in [0.1, 0.15) is 0 Å². The van der Waals surface area contributed by atoms with Gasteiger partial charge in [0.2, 0.25) is 0 Å². The molecule has 2 nitrogen and oxygen atoms in total. The molecule has 0 aromatic heterocycles. The number of halogens is 1. The number of nitrogens with two attached hydrogens (primary N) is 1. The van der Waals surface area contributed by atoms with Crippen LogP contribution in [-0.4, -0.2) is 24.5 Å². The fourth-order valence-electron chi connectivity index (χ4n) is 4.05. The van der Waals surface area contributed by atoms with Crippen molar-refractivity contribution in [3.05, 3.63) is 33.8 Å². The second kappa shape index (κ2) is 5.55. The van der Waals surface area contributed by atoms with E-state index in [1.807, 2.05) is 0 Å². The van der Waals surface area contributed by atoms with E-state index in [2.05, 4.69) is 46.1 Å². The highest BCUT2D eigenvalue weighted by Crippen LogP contribution is 2.40. The van der Waals surface area contributed by atoms with Crippen LogP contribution in [-0.2, 0) is 6.42 Å². The first-order valence-electron chi connectivity index (χ1n) is 7.41. The van der Waals surface area contributed by atoms with E-state index in [-0.39, 0.29) is 0 Å². The molecule has 1 aromatic rings. The molecule has 1 aromatic carbocycles. The Morgan fingerprint density at radius 3 is 2.95 bits per heavy atom. The van der Waals surface area contributed by atoms with Crippen LogP contribution in [0.5, 0.6) is 0 Å². The first-order chi connectivity index (χ1) is 9.20. The van der Waals surface area contributed by atoms with Crippen LogP contribution < -0.4 is 5.73 Å². The fourth-order valence-corrected chi connectivity index (χ4v) is 4.45. The molecule has 3 atom stereocenters. The SMILES string of the molecule is CN(C1CCc2cc(Br)ccc21)C1CCCC1CN. The fraction of sp³-hybridized carbons (Fsp3) is 0.625. The van der Waals surface area contributed by atoms with Gasteiger partial charge in [0.05, 0.1) is 0 Å². The summed E-state index contributed by atoms with van der Waals surface area (Å²) in [5.74, 6) is 0.699.